The molecule has 0 unspecified atom stereocenters. The van der Waals surface area contributed by atoms with Crippen LogP contribution in [0.3, 0.4) is 0 Å². The van der Waals surface area contributed by atoms with E-state index in [1.165, 1.54) is 0 Å². The van der Waals surface area contributed by atoms with Gasteiger partial charge in [-0.25, -0.2) is 0 Å². The lowest BCUT2D eigenvalue weighted by molar-refractivity contribution is 0.295. The van der Waals surface area contributed by atoms with Crippen molar-refractivity contribution >= 4 is 23.2 Å². The molecular weight excluding hydrogens is 269 g/mol. The van der Waals surface area contributed by atoms with Crippen LogP contribution in [0.4, 0.5) is 0 Å². The number of nitrogens with zero attached hydrogens (tertiary/aromatic N) is 1. The summed E-state index contributed by atoms with van der Waals surface area (Å²) >= 11 is 11.7. The van der Waals surface area contributed by atoms with Crippen LogP contribution in [0.5, 0.6) is 5.75 Å². The summed E-state index contributed by atoms with van der Waals surface area (Å²) in [5.74, 6) is 0.687. The van der Waals surface area contributed by atoms with Crippen molar-refractivity contribution in [1.82, 2.24) is 0 Å². The molecule has 0 aliphatic carbocycles. The molecule has 0 radical (unpaired) electrons. The van der Waals surface area contributed by atoms with Crippen LogP contribution in [-0.2, 0) is 0 Å². The van der Waals surface area contributed by atoms with Crippen molar-refractivity contribution in [1.29, 1.82) is 5.26 Å². The molecule has 98 valence electrons. The van der Waals surface area contributed by atoms with E-state index >= 15 is 0 Å². The lowest BCUT2D eigenvalue weighted by Crippen LogP contribution is -2.08. The third-order valence-electron chi connectivity index (χ3n) is 2.60. The molecule has 0 bridgehead atoms. The van der Waals surface area contributed by atoms with Gasteiger partial charge in [0.15, 0.2) is 0 Å². The highest BCUT2D eigenvalue weighted by atomic mass is 35.5. The number of unbranched alkanes of at least 4 members (excludes halogenated alkanes) is 1. The quantitative estimate of drug-likeness (QED) is 0.682. The maximum Gasteiger partial charge on any atom is 0.122 e. The lowest BCUT2D eigenvalue weighted by Gasteiger charge is -2.14. The monoisotopic (exact) mass is 285 g/mol. The summed E-state index contributed by atoms with van der Waals surface area (Å²) < 4.78 is 5.56. The van der Waals surface area contributed by atoms with Gasteiger partial charge in [-0.1, -0.05) is 23.2 Å². The molecule has 0 spiro atoms. The van der Waals surface area contributed by atoms with E-state index in [1.54, 1.807) is 18.2 Å². The minimum Gasteiger partial charge on any atom is -0.493 e. The first kappa shape index (κ1) is 15.1. The largest absolute Gasteiger partial charge is 0.493 e. The minimum absolute atomic E-state index is 0.251. The zero-order chi connectivity index (χ0) is 13.6. The molecule has 0 fully saturated rings. The van der Waals surface area contributed by atoms with Gasteiger partial charge in [0, 0.05) is 10.0 Å². The van der Waals surface area contributed by atoms with Gasteiger partial charge in [0.1, 0.15) is 5.75 Å². The Hall–Kier alpha value is -0.910. The van der Waals surface area contributed by atoms with Crippen molar-refractivity contribution in [3.8, 4) is 11.8 Å². The third kappa shape index (κ3) is 5.62. The summed E-state index contributed by atoms with van der Waals surface area (Å²) in [6.07, 6.45) is 2.76. The van der Waals surface area contributed by atoms with Crippen molar-refractivity contribution < 1.29 is 4.74 Å². The van der Waals surface area contributed by atoms with Crippen LogP contribution in [0, 0.1) is 16.7 Å². The van der Waals surface area contributed by atoms with Gasteiger partial charge >= 0.3 is 0 Å². The minimum atomic E-state index is -0.251. The fourth-order valence-electron chi connectivity index (χ4n) is 1.53. The molecule has 0 saturated carbocycles. The van der Waals surface area contributed by atoms with E-state index in [0.29, 0.717) is 22.4 Å². The fourth-order valence-corrected chi connectivity index (χ4v) is 2.03. The van der Waals surface area contributed by atoms with Gasteiger partial charge in [0.25, 0.3) is 0 Å². The number of benzene rings is 1. The molecule has 0 N–H and O–H groups in total. The summed E-state index contributed by atoms with van der Waals surface area (Å²) in [5, 5.41) is 10.0. The van der Waals surface area contributed by atoms with E-state index in [-0.39, 0.29) is 5.41 Å². The SMILES string of the molecule is CC(C)(C#N)CCCCOc1cc(Cl)cc(Cl)c1. The molecule has 0 atom stereocenters. The molecule has 0 amide bonds. The molecule has 18 heavy (non-hydrogen) atoms. The molecule has 2 nitrogen and oxygen atoms in total. The molecule has 0 saturated heterocycles. The topological polar surface area (TPSA) is 33.0 Å². The second-order valence-electron chi connectivity index (χ2n) is 4.91. The van der Waals surface area contributed by atoms with Crippen LogP contribution in [0.15, 0.2) is 18.2 Å². The zero-order valence-electron chi connectivity index (χ0n) is 10.7. The van der Waals surface area contributed by atoms with Gasteiger partial charge in [-0.2, -0.15) is 5.26 Å². The Morgan fingerprint density at radius 2 is 1.78 bits per heavy atom. The normalized spacial score (nSPS) is 11.1. The van der Waals surface area contributed by atoms with E-state index in [4.69, 9.17) is 33.2 Å². The predicted octanol–water partition coefficient (Wildman–Crippen LogP) is 5.09. The predicted molar refractivity (Wildman–Crippen MR) is 75.2 cm³/mol. The van der Waals surface area contributed by atoms with E-state index in [2.05, 4.69) is 6.07 Å². The smallest absolute Gasteiger partial charge is 0.122 e. The summed E-state index contributed by atoms with van der Waals surface area (Å²) in [6.45, 7) is 4.51. The highest BCUT2D eigenvalue weighted by molar-refractivity contribution is 6.34. The van der Waals surface area contributed by atoms with E-state index in [1.807, 2.05) is 13.8 Å². The molecular formula is C14H17Cl2NO. The molecule has 0 heterocycles. The van der Waals surface area contributed by atoms with Crippen LogP contribution < -0.4 is 4.74 Å². The van der Waals surface area contributed by atoms with Gasteiger partial charge in [0.05, 0.1) is 18.1 Å². The first-order chi connectivity index (χ1) is 8.43. The van der Waals surface area contributed by atoms with Crippen molar-refractivity contribution in [2.75, 3.05) is 6.61 Å². The van der Waals surface area contributed by atoms with Gasteiger partial charge in [-0.15, -0.1) is 0 Å². The molecule has 0 aliphatic rings. The first-order valence-electron chi connectivity index (χ1n) is 5.93. The Balaban J connectivity index is 2.28. The second-order valence-corrected chi connectivity index (χ2v) is 5.78. The van der Waals surface area contributed by atoms with Crippen molar-refractivity contribution in [2.45, 2.75) is 33.1 Å². The van der Waals surface area contributed by atoms with Crippen LogP contribution in [0.25, 0.3) is 0 Å². The number of rotatable bonds is 6. The lowest BCUT2D eigenvalue weighted by atomic mass is 9.89. The molecule has 1 aromatic rings. The number of nitriles is 1. The summed E-state index contributed by atoms with van der Waals surface area (Å²) in [7, 11) is 0. The summed E-state index contributed by atoms with van der Waals surface area (Å²) in [5.41, 5.74) is -0.251. The van der Waals surface area contributed by atoms with Gasteiger partial charge < -0.3 is 4.74 Å². The molecule has 1 rings (SSSR count). The van der Waals surface area contributed by atoms with Gasteiger partial charge in [-0.05, 0) is 51.3 Å². The molecule has 4 heteroatoms. The van der Waals surface area contributed by atoms with Crippen molar-refractivity contribution in [3.63, 3.8) is 0 Å². The second kappa shape index (κ2) is 6.87. The fraction of sp³-hybridized carbons (Fsp3) is 0.500. The van der Waals surface area contributed by atoms with Crippen LogP contribution >= 0.6 is 23.2 Å². The summed E-state index contributed by atoms with van der Waals surface area (Å²) in [6, 6.07) is 7.45. The van der Waals surface area contributed by atoms with Crippen molar-refractivity contribution in [3.05, 3.63) is 28.2 Å². The van der Waals surface area contributed by atoms with E-state index in [9.17, 15) is 0 Å². The highest BCUT2D eigenvalue weighted by Gasteiger charge is 2.15. The zero-order valence-corrected chi connectivity index (χ0v) is 12.2. The van der Waals surface area contributed by atoms with Gasteiger partial charge in [0.2, 0.25) is 0 Å². The Morgan fingerprint density at radius 1 is 1.17 bits per heavy atom. The standard InChI is InChI=1S/C14H17Cl2NO/c1-14(2,10-17)5-3-4-6-18-13-8-11(15)7-12(16)9-13/h7-9H,3-6H2,1-2H3. The molecule has 1 aromatic carbocycles. The third-order valence-corrected chi connectivity index (χ3v) is 3.04. The number of halogens is 2. The molecule has 0 aliphatic heterocycles. The van der Waals surface area contributed by atoms with E-state index < -0.39 is 0 Å². The molecule has 0 aromatic heterocycles. The van der Waals surface area contributed by atoms with Gasteiger partial charge in [-0.3, -0.25) is 0 Å². The average Bonchev–Trinajstić information content (AvgIpc) is 2.27. The van der Waals surface area contributed by atoms with Crippen LogP contribution in [-0.4, -0.2) is 6.61 Å². The highest BCUT2D eigenvalue weighted by Crippen LogP contribution is 2.25. The maximum absolute atomic E-state index is 8.88. The van der Waals surface area contributed by atoms with Crippen LogP contribution in [0.2, 0.25) is 10.0 Å². The maximum atomic E-state index is 8.88. The van der Waals surface area contributed by atoms with Crippen LogP contribution in [0.1, 0.15) is 33.1 Å². The number of ether oxygens (including phenoxy) is 1. The Labute approximate surface area is 118 Å². The summed E-state index contributed by atoms with van der Waals surface area (Å²) in [4.78, 5) is 0. The first-order valence-corrected chi connectivity index (χ1v) is 6.69. The Morgan fingerprint density at radius 3 is 2.33 bits per heavy atom. The Kier molecular flexibility index (Phi) is 5.78. The average molecular weight is 286 g/mol. The van der Waals surface area contributed by atoms with E-state index in [0.717, 1.165) is 19.3 Å². The number of hydrogen-bond acceptors (Lipinski definition) is 2. The number of hydrogen-bond donors (Lipinski definition) is 0. The van der Waals surface area contributed by atoms with Crippen molar-refractivity contribution in [2.24, 2.45) is 5.41 Å². The Bertz CT molecular complexity index is 418.